The molecule has 0 bridgehead atoms. The van der Waals surface area contributed by atoms with Crippen LogP contribution in [0, 0.1) is 5.92 Å². The van der Waals surface area contributed by atoms with Gasteiger partial charge in [0.2, 0.25) is 0 Å². The minimum atomic E-state index is -0.942. The minimum Gasteiger partial charge on any atom is -0.508 e. The number of ether oxygens (including phenoxy) is 2. The number of phenols is 1. The van der Waals surface area contributed by atoms with Gasteiger partial charge < -0.3 is 19.7 Å². The predicted octanol–water partition coefficient (Wildman–Crippen LogP) is 4.77. The van der Waals surface area contributed by atoms with Crippen molar-refractivity contribution >= 4 is 12.0 Å². The molecule has 2 fully saturated rings. The molecule has 3 heterocycles. The highest BCUT2D eigenvalue weighted by atomic mass is 16.5. The predicted molar refractivity (Wildman–Crippen MR) is 125 cm³/mol. The molecule has 0 radical (unpaired) electrons. The Morgan fingerprint density at radius 1 is 1.21 bits per heavy atom. The molecule has 2 saturated heterocycles. The summed E-state index contributed by atoms with van der Waals surface area (Å²) in [6.07, 6.45) is 6.08. The van der Waals surface area contributed by atoms with Crippen molar-refractivity contribution in [3.8, 4) is 11.5 Å². The van der Waals surface area contributed by atoms with E-state index in [1.54, 1.807) is 18.2 Å². The Bertz CT molecular complexity index is 1060. The quantitative estimate of drug-likeness (QED) is 0.655. The largest absolute Gasteiger partial charge is 0.508 e. The zero-order valence-electron chi connectivity index (χ0n) is 19.1. The topological polar surface area (TPSA) is 79.2 Å². The summed E-state index contributed by atoms with van der Waals surface area (Å²) in [6, 6.07) is 13.8. The van der Waals surface area contributed by atoms with Crippen LogP contribution in [0.25, 0.3) is 6.08 Å². The molecule has 4 atom stereocenters. The number of benzene rings is 2. The van der Waals surface area contributed by atoms with Crippen molar-refractivity contribution < 1.29 is 24.5 Å². The minimum absolute atomic E-state index is 0.0224. The summed E-state index contributed by atoms with van der Waals surface area (Å²) < 4.78 is 13.1. The lowest BCUT2D eigenvalue weighted by Crippen LogP contribution is -2.58. The number of nitrogens with zero attached hydrogens (tertiary/aromatic N) is 1. The van der Waals surface area contributed by atoms with Gasteiger partial charge in [-0.1, -0.05) is 24.3 Å². The van der Waals surface area contributed by atoms with E-state index < -0.39 is 11.6 Å². The van der Waals surface area contributed by atoms with Crippen molar-refractivity contribution in [3.05, 3.63) is 65.2 Å². The number of carbonyl (C=O) groups is 1. The Labute approximate surface area is 194 Å². The summed E-state index contributed by atoms with van der Waals surface area (Å²) in [5.74, 6) is 0.220. The van der Waals surface area contributed by atoms with Gasteiger partial charge in [0.05, 0.1) is 12.2 Å². The van der Waals surface area contributed by atoms with Gasteiger partial charge in [-0.25, -0.2) is 4.79 Å². The number of aliphatic carboxylic acids is 1. The third-order valence-electron chi connectivity index (χ3n) is 7.37. The number of fused-ring (bicyclic) bond motifs is 4. The number of hydrogen-bond acceptors (Lipinski definition) is 5. The van der Waals surface area contributed by atoms with E-state index in [0.717, 1.165) is 55.3 Å². The number of aromatic hydroxyl groups is 1. The Morgan fingerprint density at radius 2 is 2.00 bits per heavy atom. The van der Waals surface area contributed by atoms with Gasteiger partial charge in [0.25, 0.3) is 0 Å². The average molecular weight is 450 g/mol. The van der Waals surface area contributed by atoms with Crippen molar-refractivity contribution in [2.75, 3.05) is 6.54 Å². The molecule has 2 aromatic carbocycles. The van der Waals surface area contributed by atoms with Gasteiger partial charge in [-0.3, -0.25) is 4.90 Å². The molecule has 0 amide bonds. The standard InChI is InChI=1S/C27H31NO5/c1-27(2)21-15-22-23(32-26(21)20-11-10-19(29)14-24(20)33-27)4-3-13-28(22)16-18-7-5-17(6-8-18)9-12-25(30)31/h5-12,14,21-23,26,29H,3-4,13,15-16H2,1-2H3,(H,30,31)/b12-9+/t21-,22-,23-,26+/m1/s1. The monoisotopic (exact) mass is 449 g/mol. The van der Waals surface area contributed by atoms with Crippen LogP contribution in [0.1, 0.15) is 55.9 Å². The van der Waals surface area contributed by atoms with Gasteiger partial charge in [-0.15, -0.1) is 0 Å². The van der Waals surface area contributed by atoms with Crippen molar-refractivity contribution in [2.24, 2.45) is 5.92 Å². The number of piperidine rings is 1. The number of rotatable bonds is 4. The molecule has 0 saturated carbocycles. The van der Waals surface area contributed by atoms with E-state index in [1.165, 1.54) is 5.56 Å². The molecule has 6 heteroatoms. The maximum absolute atomic E-state index is 10.7. The number of hydrogen-bond donors (Lipinski definition) is 2. The average Bonchev–Trinajstić information content (AvgIpc) is 2.77. The van der Waals surface area contributed by atoms with Gasteiger partial charge in [-0.2, -0.15) is 0 Å². The van der Waals surface area contributed by atoms with Crippen LogP contribution < -0.4 is 4.74 Å². The van der Waals surface area contributed by atoms with Gasteiger partial charge in [0.1, 0.15) is 17.1 Å². The van der Waals surface area contributed by atoms with Crippen LogP contribution in [0.5, 0.6) is 11.5 Å². The zero-order valence-corrected chi connectivity index (χ0v) is 19.1. The highest BCUT2D eigenvalue weighted by Gasteiger charge is 2.52. The normalized spacial score (nSPS) is 28.4. The smallest absolute Gasteiger partial charge is 0.328 e. The van der Waals surface area contributed by atoms with Gasteiger partial charge >= 0.3 is 5.97 Å². The van der Waals surface area contributed by atoms with E-state index in [-0.39, 0.29) is 23.9 Å². The fraction of sp³-hybridized carbons (Fsp3) is 0.444. The SMILES string of the molecule is CC1(C)Oc2cc(O)ccc2[C@@H]2O[C@@H]3CCCN(Cc4ccc(/C=C/C(=O)O)cc4)[C@@H]3C[C@H]21. The van der Waals surface area contributed by atoms with Crippen LogP contribution in [0.2, 0.25) is 0 Å². The number of likely N-dealkylation sites (tertiary alicyclic amines) is 1. The Kier molecular flexibility index (Phi) is 5.67. The number of carboxylic acid groups (broad SMARTS) is 1. The summed E-state index contributed by atoms with van der Waals surface area (Å²) >= 11 is 0. The second kappa shape index (κ2) is 8.50. The van der Waals surface area contributed by atoms with Gasteiger partial charge in [-0.05, 0) is 69.0 Å². The number of carboxylic acids is 1. The van der Waals surface area contributed by atoms with Crippen molar-refractivity contribution in [1.82, 2.24) is 4.90 Å². The molecule has 3 aliphatic rings. The van der Waals surface area contributed by atoms with Gasteiger partial charge in [0.15, 0.2) is 0 Å². The fourth-order valence-corrected chi connectivity index (χ4v) is 5.69. The first-order valence-corrected chi connectivity index (χ1v) is 11.7. The molecule has 174 valence electrons. The first-order valence-electron chi connectivity index (χ1n) is 11.7. The molecule has 0 aromatic heterocycles. The maximum atomic E-state index is 10.7. The van der Waals surface area contributed by atoms with E-state index in [2.05, 4.69) is 30.9 Å². The van der Waals surface area contributed by atoms with E-state index in [9.17, 15) is 9.90 Å². The van der Waals surface area contributed by atoms with Gasteiger partial charge in [0, 0.05) is 36.2 Å². The molecule has 0 spiro atoms. The van der Waals surface area contributed by atoms with E-state index in [1.807, 2.05) is 18.2 Å². The molecule has 6 nitrogen and oxygen atoms in total. The molecule has 5 rings (SSSR count). The molecular weight excluding hydrogens is 418 g/mol. The van der Waals surface area contributed by atoms with Crippen LogP contribution >= 0.6 is 0 Å². The Balaban J connectivity index is 1.35. The molecular formula is C27H31NO5. The first-order chi connectivity index (χ1) is 15.8. The summed E-state index contributed by atoms with van der Waals surface area (Å²) in [5.41, 5.74) is 2.74. The highest BCUT2D eigenvalue weighted by Crippen LogP contribution is 2.53. The van der Waals surface area contributed by atoms with Crippen LogP contribution in [-0.4, -0.2) is 45.4 Å². The summed E-state index contributed by atoms with van der Waals surface area (Å²) in [6.45, 7) is 6.13. The van der Waals surface area contributed by atoms with Crippen LogP contribution in [0.4, 0.5) is 0 Å². The lowest BCUT2D eigenvalue weighted by atomic mass is 9.72. The second-order valence-corrected chi connectivity index (χ2v) is 9.96. The highest BCUT2D eigenvalue weighted by molar-refractivity contribution is 5.85. The van der Waals surface area contributed by atoms with Crippen molar-refractivity contribution in [2.45, 2.75) is 63.5 Å². The summed E-state index contributed by atoms with van der Waals surface area (Å²) in [4.78, 5) is 13.3. The van der Waals surface area contributed by atoms with E-state index in [0.29, 0.717) is 6.04 Å². The third kappa shape index (κ3) is 4.37. The second-order valence-electron chi connectivity index (χ2n) is 9.96. The van der Waals surface area contributed by atoms with E-state index >= 15 is 0 Å². The Hall–Kier alpha value is -2.83. The fourth-order valence-electron chi connectivity index (χ4n) is 5.69. The maximum Gasteiger partial charge on any atom is 0.328 e. The molecule has 0 unspecified atom stereocenters. The first kappa shape index (κ1) is 22.0. The molecule has 0 aliphatic carbocycles. The van der Waals surface area contributed by atoms with Crippen LogP contribution in [0.3, 0.4) is 0 Å². The lowest BCUT2D eigenvalue weighted by Gasteiger charge is -2.54. The summed E-state index contributed by atoms with van der Waals surface area (Å²) in [5, 5.41) is 18.7. The lowest BCUT2D eigenvalue weighted by molar-refractivity contribution is -0.190. The third-order valence-corrected chi connectivity index (χ3v) is 7.37. The van der Waals surface area contributed by atoms with Crippen molar-refractivity contribution in [1.29, 1.82) is 0 Å². The summed E-state index contributed by atoms with van der Waals surface area (Å²) in [7, 11) is 0. The van der Waals surface area contributed by atoms with Crippen molar-refractivity contribution in [3.63, 3.8) is 0 Å². The number of phenolic OH excluding ortho intramolecular Hbond substituents is 1. The Morgan fingerprint density at radius 3 is 2.76 bits per heavy atom. The molecule has 33 heavy (non-hydrogen) atoms. The molecule has 3 aliphatic heterocycles. The van der Waals surface area contributed by atoms with Crippen LogP contribution in [0.15, 0.2) is 48.5 Å². The van der Waals surface area contributed by atoms with E-state index in [4.69, 9.17) is 14.6 Å². The molecule has 2 aromatic rings. The molecule has 2 N–H and O–H groups in total. The zero-order chi connectivity index (χ0) is 23.2. The van der Waals surface area contributed by atoms with Crippen LogP contribution in [-0.2, 0) is 16.1 Å².